The van der Waals surface area contributed by atoms with Crippen molar-refractivity contribution in [3.8, 4) is 0 Å². The molecule has 12 heteroatoms. The number of aromatic nitrogens is 4. The van der Waals surface area contributed by atoms with Crippen molar-refractivity contribution in [2.75, 3.05) is 32.8 Å². The number of hydrogen-bond donors (Lipinski definition) is 3. The standard InChI is InChI=1S/C29H36N8O4/c38-27-20-36(11-10-31-24-7-12-41-13-8-24)28(39)14-22-5-1-2-6-23(22)17-32-29(40)26(33-27)15-25-19-37(35-34-25)18-21-4-3-9-30-16-21/h1-6,9,16,19,24,26,31H,7-8,10-15,17-18,20H2,(H,32,40)(H,33,38)/t26-/m1/s1. The van der Waals surface area contributed by atoms with Gasteiger partial charge in [0.25, 0.3) is 0 Å². The highest BCUT2D eigenvalue weighted by Gasteiger charge is 2.27. The van der Waals surface area contributed by atoms with Gasteiger partial charge in [-0.2, -0.15) is 0 Å². The minimum absolute atomic E-state index is 0.136. The first-order valence-corrected chi connectivity index (χ1v) is 14.0. The second kappa shape index (κ2) is 14.0. The monoisotopic (exact) mass is 560 g/mol. The average molecular weight is 561 g/mol. The predicted molar refractivity (Wildman–Crippen MR) is 149 cm³/mol. The Kier molecular flexibility index (Phi) is 9.65. The number of nitrogens with one attached hydrogen (secondary N) is 3. The van der Waals surface area contributed by atoms with Gasteiger partial charge < -0.3 is 25.6 Å². The van der Waals surface area contributed by atoms with Crippen molar-refractivity contribution in [2.24, 2.45) is 0 Å². The van der Waals surface area contributed by atoms with Crippen LogP contribution in [0.4, 0.5) is 0 Å². The lowest BCUT2D eigenvalue weighted by atomic mass is 10.0. The van der Waals surface area contributed by atoms with Gasteiger partial charge in [0.15, 0.2) is 0 Å². The van der Waals surface area contributed by atoms with Crippen LogP contribution in [0.3, 0.4) is 0 Å². The molecule has 1 saturated heterocycles. The highest BCUT2D eigenvalue weighted by Crippen LogP contribution is 2.13. The predicted octanol–water partition coefficient (Wildman–Crippen LogP) is 0.218. The maximum absolute atomic E-state index is 13.4. The highest BCUT2D eigenvalue weighted by molar-refractivity contribution is 5.91. The summed E-state index contributed by atoms with van der Waals surface area (Å²) < 4.78 is 7.10. The van der Waals surface area contributed by atoms with Crippen LogP contribution in [0, 0.1) is 0 Å². The number of nitrogens with zero attached hydrogens (tertiary/aromatic N) is 5. The number of hydrogen-bond acceptors (Lipinski definition) is 8. The molecule has 2 aromatic heterocycles. The Hall–Kier alpha value is -4.16. The van der Waals surface area contributed by atoms with Gasteiger partial charge in [0.1, 0.15) is 6.04 Å². The normalized spacial score (nSPS) is 19.1. The number of ether oxygens (including phenoxy) is 1. The average Bonchev–Trinajstić information content (AvgIpc) is 3.42. The maximum atomic E-state index is 13.4. The Bertz CT molecular complexity index is 1330. The zero-order chi connectivity index (χ0) is 28.4. The van der Waals surface area contributed by atoms with Crippen molar-refractivity contribution in [3.05, 3.63) is 77.4 Å². The number of amides is 3. The molecule has 3 amide bonds. The molecule has 12 nitrogen and oxygen atoms in total. The van der Waals surface area contributed by atoms with Crippen LogP contribution in [0.25, 0.3) is 0 Å². The maximum Gasteiger partial charge on any atom is 0.243 e. The molecule has 3 aromatic rings. The van der Waals surface area contributed by atoms with E-state index in [0.29, 0.717) is 31.4 Å². The summed E-state index contributed by atoms with van der Waals surface area (Å²) in [5, 5.41) is 17.7. The summed E-state index contributed by atoms with van der Waals surface area (Å²) in [6, 6.07) is 10.8. The van der Waals surface area contributed by atoms with Crippen LogP contribution in [0.2, 0.25) is 0 Å². The molecule has 2 aliphatic rings. The molecule has 2 aliphatic heterocycles. The summed E-state index contributed by atoms with van der Waals surface area (Å²) in [5.74, 6) is -0.862. The van der Waals surface area contributed by atoms with Crippen molar-refractivity contribution in [3.63, 3.8) is 0 Å². The summed E-state index contributed by atoms with van der Waals surface area (Å²) in [6.07, 6.45) is 7.38. The highest BCUT2D eigenvalue weighted by atomic mass is 16.5. The quantitative estimate of drug-likeness (QED) is 0.355. The first-order chi connectivity index (χ1) is 20.0. The zero-order valence-corrected chi connectivity index (χ0v) is 23.0. The van der Waals surface area contributed by atoms with E-state index in [0.717, 1.165) is 42.7 Å². The molecular formula is C29H36N8O4. The van der Waals surface area contributed by atoms with E-state index in [2.05, 4.69) is 31.2 Å². The Morgan fingerprint density at radius 1 is 1.05 bits per heavy atom. The molecule has 0 radical (unpaired) electrons. The number of carbonyl (C=O) groups excluding carboxylic acids is 3. The van der Waals surface area contributed by atoms with E-state index in [-0.39, 0.29) is 37.7 Å². The van der Waals surface area contributed by atoms with Crippen molar-refractivity contribution in [2.45, 2.75) is 50.9 Å². The summed E-state index contributed by atoms with van der Waals surface area (Å²) in [6.45, 7) is 2.97. The van der Waals surface area contributed by atoms with Crippen molar-refractivity contribution < 1.29 is 19.1 Å². The van der Waals surface area contributed by atoms with Gasteiger partial charge in [-0.3, -0.25) is 19.4 Å². The van der Waals surface area contributed by atoms with Gasteiger partial charge in [0, 0.05) is 63.9 Å². The molecule has 1 fully saturated rings. The van der Waals surface area contributed by atoms with Gasteiger partial charge in [-0.05, 0) is 35.6 Å². The second-order valence-corrected chi connectivity index (χ2v) is 10.4. The van der Waals surface area contributed by atoms with Crippen LogP contribution in [0.15, 0.2) is 55.0 Å². The lowest BCUT2D eigenvalue weighted by molar-refractivity contribution is -0.136. The minimum Gasteiger partial charge on any atom is -0.381 e. The lowest BCUT2D eigenvalue weighted by Gasteiger charge is -2.28. The molecule has 5 rings (SSSR count). The number of fused-ring (bicyclic) bond motifs is 1. The topological polar surface area (TPSA) is 143 Å². The van der Waals surface area contributed by atoms with Crippen LogP contribution in [-0.2, 0) is 45.1 Å². The molecule has 0 spiro atoms. The van der Waals surface area contributed by atoms with E-state index in [1.807, 2.05) is 36.4 Å². The fourth-order valence-electron chi connectivity index (χ4n) is 5.10. The number of pyridine rings is 1. The van der Waals surface area contributed by atoms with Crippen LogP contribution in [0.5, 0.6) is 0 Å². The van der Waals surface area contributed by atoms with Gasteiger partial charge in [0.2, 0.25) is 17.7 Å². The largest absolute Gasteiger partial charge is 0.381 e. The van der Waals surface area contributed by atoms with E-state index >= 15 is 0 Å². The number of rotatable bonds is 8. The summed E-state index contributed by atoms with van der Waals surface area (Å²) in [5.41, 5.74) is 3.23. The van der Waals surface area contributed by atoms with Crippen LogP contribution in [-0.4, -0.2) is 87.5 Å². The zero-order valence-electron chi connectivity index (χ0n) is 23.0. The lowest BCUT2D eigenvalue weighted by Crippen LogP contribution is -2.52. The van der Waals surface area contributed by atoms with Gasteiger partial charge in [0.05, 0.1) is 25.2 Å². The van der Waals surface area contributed by atoms with E-state index in [9.17, 15) is 14.4 Å². The molecule has 0 saturated carbocycles. The van der Waals surface area contributed by atoms with Crippen molar-refractivity contribution in [1.29, 1.82) is 0 Å². The van der Waals surface area contributed by atoms with E-state index in [1.165, 1.54) is 0 Å². The Balaban J connectivity index is 1.29. The smallest absolute Gasteiger partial charge is 0.243 e. The van der Waals surface area contributed by atoms with Gasteiger partial charge in [-0.15, -0.1) is 5.10 Å². The Morgan fingerprint density at radius 3 is 2.68 bits per heavy atom. The van der Waals surface area contributed by atoms with Crippen LogP contribution < -0.4 is 16.0 Å². The number of carbonyl (C=O) groups is 3. The SMILES string of the molecule is O=C1CN(CCNC2CCOCC2)C(=O)Cc2ccccc2CNC(=O)[C@@H](Cc2cn(Cc3cccnc3)nn2)N1. The molecule has 3 N–H and O–H groups in total. The fraction of sp³-hybridized carbons (Fsp3) is 0.448. The van der Waals surface area contributed by atoms with Gasteiger partial charge in [-0.25, -0.2) is 4.68 Å². The first-order valence-electron chi connectivity index (χ1n) is 14.0. The van der Waals surface area contributed by atoms with E-state index in [1.54, 1.807) is 28.2 Å². The third kappa shape index (κ3) is 8.18. The fourth-order valence-corrected chi connectivity index (χ4v) is 5.10. The third-order valence-electron chi connectivity index (χ3n) is 7.35. The Labute approximate surface area is 238 Å². The summed E-state index contributed by atoms with van der Waals surface area (Å²) >= 11 is 0. The third-order valence-corrected chi connectivity index (χ3v) is 7.35. The molecule has 1 aromatic carbocycles. The summed E-state index contributed by atoms with van der Waals surface area (Å²) in [7, 11) is 0. The molecule has 0 aliphatic carbocycles. The molecular weight excluding hydrogens is 524 g/mol. The molecule has 0 unspecified atom stereocenters. The summed E-state index contributed by atoms with van der Waals surface area (Å²) in [4.78, 5) is 45.6. The van der Waals surface area contributed by atoms with Crippen LogP contribution in [0.1, 0.15) is 35.2 Å². The van der Waals surface area contributed by atoms with Crippen LogP contribution >= 0.6 is 0 Å². The first kappa shape index (κ1) is 28.4. The van der Waals surface area contributed by atoms with E-state index < -0.39 is 11.9 Å². The molecule has 41 heavy (non-hydrogen) atoms. The second-order valence-electron chi connectivity index (χ2n) is 10.4. The van der Waals surface area contributed by atoms with Crippen molar-refractivity contribution in [1.82, 2.24) is 40.8 Å². The van der Waals surface area contributed by atoms with Gasteiger partial charge >= 0.3 is 0 Å². The van der Waals surface area contributed by atoms with E-state index in [4.69, 9.17) is 4.74 Å². The molecule has 0 bridgehead atoms. The minimum atomic E-state index is -0.880. The Morgan fingerprint density at radius 2 is 1.88 bits per heavy atom. The number of benzene rings is 1. The van der Waals surface area contributed by atoms with Gasteiger partial charge in [-0.1, -0.05) is 35.5 Å². The van der Waals surface area contributed by atoms with Crippen molar-refractivity contribution >= 4 is 17.7 Å². The molecule has 4 heterocycles. The molecule has 216 valence electrons. The molecule has 1 atom stereocenters.